The number of nitrogens with one attached hydrogen (secondary N) is 1. The Morgan fingerprint density at radius 1 is 0.897 bits per heavy atom. The van der Waals surface area contributed by atoms with Crippen LogP contribution in [0.25, 0.3) is 0 Å². The molecule has 0 spiro atoms. The minimum atomic E-state index is -4.04. The Labute approximate surface area is 230 Å². The van der Waals surface area contributed by atoms with Crippen molar-refractivity contribution in [2.75, 3.05) is 17.1 Å². The van der Waals surface area contributed by atoms with Gasteiger partial charge in [0.25, 0.3) is 0 Å². The highest BCUT2D eigenvalue weighted by molar-refractivity contribution is 7.92. The van der Waals surface area contributed by atoms with Gasteiger partial charge in [-0.25, -0.2) is 12.8 Å². The summed E-state index contributed by atoms with van der Waals surface area (Å²) in [6.07, 6.45) is 1.13. The molecule has 0 aliphatic heterocycles. The summed E-state index contributed by atoms with van der Waals surface area (Å²) in [4.78, 5) is 29.0. The molecule has 0 radical (unpaired) electrons. The number of amides is 2. The number of anilines is 1. The first-order valence-electron chi connectivity index (χ1n) is 12.7. The van der Waals surface area contributed by atoms with Crippen molar-refractivity contribution in [3.05, 3.63) is 101 Å². The Bertz CT molecular complexity index is 1390. The van der Waals surface area contributed by atoms with Gasteiger partial charge in [-0.05, 0) is 51.0 Å². The number of aryl methyl sites for hydroxylation is 1. The maximum Gasteiger partial charge on any atom is 0.244 e. The molecule has 0 saturated heterocycles. The number of carbonyl (C=O) groups is 2. The van der Waals surface area contributed by atoms with Crippen LogP contribution in [0.15, 0.2) is 78.9 Å². The minimum absolute atomic E-state index is 0.0586. The van der Waals surface area contributed by atoms with E-state index in [2.05, 4.69) is 5.32 Å². The third-order valence-electron chi connectivity index (χ3n) is 6.04. The van der Waals surface area contributed by atoms with Crippen LogP contribution in [-0.4, -0.2) is 49.5 Å². The minimum Gasteiger partial charge on any atom is -0.350 e. The number of rotatable bonds is 10. The zero-order valence-electron chi connectivity index (χ0n) is 23.0. The average Bonchev–Trinajstić information content (AvgIpc) is 2.85. The molecule has 39 heavy (non-hydrogen) atoms. The number of para-hydroxylation sites is 1. The van der Waals surface area contributed by atoms with E-state index in [-0.39, 0.29) is 24.6 Å². The second-order valence-corrected chi connectivity index (χ2v) is 12.6. The molecule has 1 N–H and O–H groups in total. The van der Waals surface area contributed by atoms with Gasteiger partial charge < -0.3 is 10.2 Å². The molecule has 7 nitrogen and oxygen atoms in total. The smallest absolute Gasteiger partial charge is 0.244 e. The Kier molecular flexibility index (Phi) is 9.50. The molecule has 1 atom stereocenters. The Hall–Kier alpha value is -3.72. The maximum absolute atomic E-state index is 14.7. The molecule has 3 aromatic rings. The molecule has 3 aromatic carbocycles. The van der Waals surface area contributed by atoms with Crippen molar-refractivity contribution in [1.82, 2.24) is 10.2 Å². The molecular weight excluding hydrogens is 517 g/mol. The van der Waals surface area contributed by atoms with Gasteiger partial charge in [-0.2, -0.15) is 0 Å². The summed E-state index contributed by atoms with van der Waals surface area (Å²) in [7, 11) is -4.04. The maximum atomic E-state index is 14.7. The third-order valence-corrected chi connectivity index (χ3v) is 7.17. The van der Waals surface area contributed by atoms with Crippen LogP contribution in [0.2, 0.25) is 0 Å². The first-order valence-corrected chi connectivity index (χ1v) is 14.5. The largest absolute Gasteiger partial charge is 0.350 e. The molecule has 0 unspecified atom stereocenters. The van der Waals surface area contributed by atoms with E-state index in [1.807, 2.05) is 82.3 Å². The van der Waals surface area contributed by atoms with Gasteiger partial charge in [-0.15, -0.1) is 0 Å². The quantitative estimate of drug-likeness (QED) is 0.402. The summed E-state index contributed by atoms with van der Waals surface area (Å²) in [6, 6.07) is 21.3. The Balaban J connectivity index is 2.08. The van der Waals surface area contributed by atoms with E-state index in [1.165, 1.54) is 23.1 Å². The summed E-state index contributed by atoms with van der Waals surface area (Å²) in [5.74, 6) is -1.77. The molecule has 0 aliphatic rings. The number of halogens is 1. The number of hydrogen-bond donors (Lipinski definition) is 1. The summed E-state index contributed by atoms with van der Waals surface area (Å²) in [5.41, 5.74) is 1.83. The fourth-order valence-electron chi connectivity index (χ4n) is 4.15. The lowest BCUT2D eigenvalue weighted by atomic mass is 10.0. The van der Waals surface area contributed by atoms with Crippen molar-refractivity contribution in [3.63, 3.8) is 0 Å². The van der Waals surface area contributed by atoms with Crippen molar-refractivity contribution >= 4 is 27.5 Å². The van der Waals surface area contributed by atoms with Crippen molar-refractivity contribution in [3.8, 4) is 0 Å². The second-order valence-electron chi connectivity index (χ2n) is 10.7. The molecule has 2 amide bonds. The molecule has 3 rings (SSSR count). The van der Waals surface area contributed by atoms with E-state index < -0.39 is 39.9 Å². The van der Waals surface area contributed by atoms with Gasteiger partial charge in [0, 0.05) is 18.5 Å². The van der Waals surface area contributed by atoms with Crippen LogP contribution in [0.1, 0.15) is 37.5 Å². The normalized spacial score (nSPS) is 12.5. The standard InChI is InChI=1S/C30H36FN3O4S/c1-22-15-17-24(18-16-22)20-33(27(29(36)32-30(2,3)4)19-23-11-7-6-8-12-23)28(35)21-34(39(5,37)38)26-14-10-9-13-25(26)31/h6-18,27H,19-21H2,1-5H3,(H,32,36)/t27-/m1/s1. The Morgan fingerprint density at radius 3 is 2.05 bits per heavy atom. The van der Waals surface area contributed by atoms with Crippen LogP contribution in [-0.2, 0) is 32.6 Å². The molecule has 0 aliphatic carbocycles. The highest BCUT2D eigenvalue weighted by atomic mass is 32.2. The first kappa shape index (κ1) is 29.8. The molecule has 9 heteroatoms. The molecule has 0 bridgehead atoms. The lowest BCUT2D eigenvalue weighted by Gasteiger charge is -2.35. The van der Waals surface area contributed by atoms with E-state index in [1.54, 1.807) is 0 Å². The second kappa shape index (κ2) is 12.4. The molecular formula is C30H36FN3O4S. The summed E-state index contributed by atoms with van der Waals surface area (Å²) < 4.78 is 40.9. The van der Waals surface area contributed by atoms with Gasteiger partial charge in [-0.3, -0.25) is 13.9 Å². The predicted octanol–water partition coefficient (Wildman–Crippen LogP) is 4.45. The van der Waals surface area contributed by atoms with Gasteiger partial charge in [-0.1, -0.05) is 72.3 Å². The van der Waals surface area contributed by atoms with E-state index >= 15 is 0 Å². The van der Waals surface area contributed by atoms with Gasteiger partial charge in [0.2, 0.25) is 21.8 Å². The summed E-state index contributed by atoms with van der Waals surface area (Å²) in [5, 5.41) is 2.97. The van der Waals surface area contributed by atoms with Crippen LogP contribution in [0.4, 0.5) is 10.1 Å². The van der Waals surface area contributed by atoms with E-state index in [0.717, 1.165) is 33.3 Å². The molecule has 208 valence electrons. The van der Waals surface area contributed by atoms with Crippen LogP contribution in [0.5, 0.6) is 0 Å². The molecule has 0 aromatic heterocycles. The predicted molar refractivity (Wildman–Crippen MR) is 152 cm³/mol. The van der Waals surface area contributed by atoms with Gasteiger partial charge in [0.15, 0.2) is 0 Å². The average molecular weight is 554 g/mol. The lowest BCUT2D eigenvalue weighted by molar-refractivity contribution is -0.140. The van der Waals surface area contributed by atoms with Gasteiger partial charge in [0.05, 0.1) is 11.9 Å². The number of nitrogens with zero attached hydrogens (tertiary/aromatic N) is 2. The fourth-order valence-corrected chi connectivity index (χ4v) is 5.00. The van der Waals surface area contributed by atoms with Gasteiger partial charge >= 0.3 is 0 Å². The number of carbonyl (C=O) groups excluding carboxylic acids is 2. The van der Waals surface area contributed by atoms with Crippen molar-refractivity contribution < 1.29 is 22.4 Å². The highest BCUT2D eigenvalue weighted by Crippen LogP contribution is 2.23. The van der Waals surface area contributed by atoms with Crippen molar-refractivity contribution in [2.45, 2.75) is 52.2 Å². The van der Waals surface area contributed by atoms with Crippen molar-refractivity contribution in [2.24, 2.45) is 0 Å². The Morgan fingerprint density at radius 2 is 1.49 bits per heavy atom. The third kappa shape index (κ3) is 8.64. The molecule has 0 fully saturated rings. The van der Waals surface area contributed by atoms with Gasteiger partial charge in [0.1, 0.15) is 18.4 Å². The van der Waals surface area contributed by atoms with Crippen LogP contribution in [0, 0.1) is 12.7 Å². The van der Waals surface area contributed by atoms with E-state index in [4.69, 9.17) is 0 Å². The highest BCUT2D eigenvalue weighted by Gasteiger charge is 2.34. The number of sulfonamides is 1. The van der Waals surface area contributed by atoms with Crippen molar-refractivity contribution in [1.29, 1.82) is 0 Å². The fraction of sp³-hybridized carbons (Fsp3) is 0.333. The lowest BCUT2D eigenvalue weighted by Crippen LogP contribution is -2.56. The van der Waals surface area contributed by atoms with Crippen LogP contribution >= 0.6 is 0 Å². The molecule has 0 heterocycles. The zero-order valence-corrected chi connectivity index (χ0v) is 23.8. The SMILES string of the molecule is Cc1ccc(CN(C(=O)CN(c2ccccc2F)S(C)(=O)=O)[C@H](Cc2ccccc2)C(=O)NC(C)(C)C)cc1. The van der Waals surface area contributed by atoms with Crippen LogP contribution in [0.3, 0.4) is 0 Å². The number of hydrogen-bond acceptors (Lipinski definition) is 4. The van der Waals surface area contributed by atoms with Crippen LogP contribution < -0.4 is 9.62 Å². The topological polar surface area (TPSA) is 86.8 Å². The first-order chi connectivity index (χ1) is 18.2. The summed E-state index contributed by atoms with van der Waals surface area (Å²) in [6.45, 7) is 6.88. The number of benzene rings is 3. The molecule has 0 saturated carbocycles. The van der Waals surface area contributed by atoms with E-state index in [9.17, 15) is 22.4 Å². The zero-order chi connectivity index (χ0) is 28.8. The monoisotopic (exact) mass is 553 g/mol. The summed E-state index contributed by atoms with van der Waals surface area (Å²) >= 11 is 0. The van der Waals surface area contributed by atoms with E-state index in [0.29, 0.717) is 0 Å².